The van der Waals surface area contributed by atoms with Crippen LogP contribution < -0.4 is 0 Å². The van der Waals surface area contributed by atoms with Gasteiger partial charge >= 0.3 is 0 Å². The maximum absolute atomic E-state index is 9.68. The first-order valence-corrected chi connectivity index (χ1v) is 10.3. The quantitative estimate of drug-likeness (QED) is 0.308. The third kappa shape index (κ3) is 10.2. The van der Waals surface area contributed by atoms with Crippen LogP contribution in [-0.2, 0) is 0 Å². The lowest BCUT2D eigenvalue weighted by molar-refractivity contribution is 0.00710. The van der Waals surface area contributed by atoms with Gasteiger partial charge < -0.3 is 5.11 Å². The second-order valence-corrected chi connectivity index (χ2v) is 7.18. The second-order valence-electron chi connectivity index (χ2n) is 7.18. The Balaban J connectivity index is 1.80. The fourth-order valence-electron chi connectivity index (χ4n) is 3.46. The Kier molecular flexibility index (Phi) is 13.1. The largest absolute Gasteiger partial charge is 0.379 e. The van der Waals surface area contributed by atoms with Gasteiger partial charge in [0.25, 0.3) is 0 Å². The topological polar surface area (TPSA) is 35.8 Å². The summed E-state index contributed by atoms with van der Waals surface area (Å²) in [7, 11) is 0. The first kappa shape index (κ1) is 21.4. The van der Waals surface area contributed by atoms with Gasteiger partial charge in [0.05, 0.1) is 0 Å². The van der Waals surface area contributed by atoms with Gasteiger partial charge in [-0.15, -0.1) is 0 Å². The molecule has 0 saturated heterocycles. The van der Waals surface area contributed by atoms with Crippen molar-refractivity contribution in [3.8, 4) is 0 Å². The van der Waals surface area contributed by atoms with Gasteiger partial charge in [0.2, 0.25) is 0 Å². The fraction of sp³-hybridized carbons (Fsp3) is 0.857. The maximum atomic E-state index is 9.68. The van der Waals surface area contributed by atoms with Crippen LogP contribution in [0.4, 0.5) is 0 Å². The number of aliphatic hydroxyl groups is 1. The van der Waals surface area contributed by atoms with Crippen molar-refractivity contribution in [2.75, 3.05) is 6.54 Å². The van der Waals surface area contributed by atoms with E-state index >= 15 is 0 Å². The van der Waals surface area contributed by atoms with Crippen molar-refractivity contribution in [1.82, 2.24) is 4.90 Å². The van der Waals surface area contributed by atoms with Crippen molar-refractivity contribution in [1.29, 1.82) is 0 Å². The highest BCUT2D eigenvalue weighted by Gasteiger charge is 2.23. The highest BCUT2D eigenvalue weighted by Crippen LogP contribution is 2.18. The summed E-state index contributed by atoms with van der Waals surface area (Å²) in [5.74, 6) is 0. The fourth-order valence-corrected chi connectivity index (χ4v) is 3.46. The van der Waals surface area contributed by atoms with Crippen molar-refractivity contribution in [3.63, 3.8) is 0 Å². The van der Waals surface area contributed by atoms with Gasteiger partial charge in [-0.2, -0.15) is 0 Å². The molecular weight excluding hydrogens is 296 g/mol. The van der Waals surface area contributed by atoms with Gasteiger partial charge in [-0.1, -0.05) is 69.9 Å². The number of unbranched alkanes of at least 4 members (excludes halogenated alkanes) is 11. The van der Waals surface area contributed by atoms with E-state index < -0.39 is 0 Å². The third-order valence-electron chi connectivity index (χ3n) is 5.00. The molecule has 3 heteroatoms. The van der Waals surface area contributed by atoms with Crippen LogP contribution in [0.2, 0.25) is 0 Å². The van der Waals surface area contributed by atoms with E-state index in [9.17, 15) is 5.11 Å². The maximum Gasteiger partial charge on any atom is 0.106 e. The van der Waals surface area contributed by atoms with E-state index in [0.29, 0.717) is 0 Å². The van der Waals surface area contributed by atoms with Crippen LogP contribution in [0.3, 0.4) is 0 Å². The first-order chi connectivity index (χ1) is 11.8. The van der Waals surface area contributed by atoms with Crippen LogP contribution >= 0.6 is 0 Å². The number of allylic oxidation sites excluding steroid dienone is 2. The van der Waals surface area contributed by atoms with Crippen LogP contribution in [0.1, 0.15) is 97.3 Å². The lowest BCUT2D eigenvalue weighted by Crippen LogP contribution is -2.37. The third-order valence-corrected chi connectivity index (χ3v) is 5.00. The molecule has 1 aliphatic rings. The van der Waals surface area contributed by atoms with Crippen molar-refractivity contribution in [3.05, 3.63) is 12.2 Å². The molecule has 0 bridgehead atoms. The molecule has 0 saturated carbocycles. The molecule has 2 unspecified atom stereocenters. The molecule has 0 aliphatic carbocycles. The van der Waals surface area contributed by atoms with Gasteiger partial charge in [0.15, 0.2) is 0 Å². The normalized spacial score (nSPS) is 19.5. The van der Waals surface area contributed by atoms with Crippen LogP contribution in [0.25, 0.3) is 0 Å². The first-order valence-electron chi connectivity index (χ1n) is 10.3. The molecule has 1 heterocycles. The van der Waals surface area contributed by atoms with E-state index in [1.165, 1.54) is 77.0 Å². The Hall–Kier alpha value is -0.670. The Bertz CT molecular complexity index is 339. The molecule has 0 spiro atoms. The van der Waals surface area contributed by atoms with Crippen molar-refractivity contribution < 1.29 is 5.11 Å². The van der Waals surface area contributed by atoms with Crippen molar-refractivity contribution in [2.24, 2.45) is 4.99 Å². The summed E-state index contributed by atoms with van der Waals surface area (Å²) < 4.78 is 0. The highest BCUT2D eigenvalue weighted by atomic mass is 16.3. The smallest absolute Gasteiger partial charge is 0.106 e. The lowest BCUT2D eigenvalue weighted by Gasteiger charge is -2.25. The van der Waals surface area contributed by atoms with Gasteiger partial charge in [-0.05, 0) is 39.5 Å². The molecule has 0 aromatic rings. The van der Waals surface area contributed by atoms with E-state index in [2.05, 4.69) is 29.0 Å². The molecule has 0 aromatic carbocycles. The molecule has 0 radical (unpaired) electrons. The number of rotatable bonds is 15. The summed E-state index contributed by atoms with van der Waals surface area (Å²) in [6, 6.07) is 0. The van der Waals surface area contributed by atoms with E-state index in [1.54, 1.807) is 0 Å². The standard InChI is InChI=1S/C21H40N2O/c1-3-4-5-6-7-8-9-10-11-12-13-14-15-16-17-21-22-18-19-23(21)20(2)24/h3-4,18,20-21,24H,5-17,19H2,1-2H3/b4-3+. The summed E-state index contributed by atoms with van der Waals surface area (Å²) >= 11 is 0. The second kappa shape index (κ2) is 14.7. The Labute approximate surface area is 150 Å². The highest BCUT2D eigenvalue weighted by molar-refractivity contribution is 5.62. The SMILES string of the molecule is C/C=C/CCCCCCCCCCCCCC1N=CCN1C(C)O. The zero-order valence-corrected chi connectivity index (χ0v) is 16.1. The molecule has 1 N–H and O–H groups in total. The summed E-state index contributed by atoms with van der Waals surface area (Å²) in [5.41, 5.74) is 0. The Morgan fingerprint density at radius 1 is 1.00 bits per heavy atom. The van der Waals surface area contributed by atoms with Gasteiger partial charge in [0.1, 0.15) is 12.4 Å². The monoisotopic (exact) mass is 336 g/mol. The average Bonchev–Trinajstić information content (AvgIpc) is 3.04. The molecule has 3 nitrogen and oxygen atoms in total. The van der Waals surface area contributed by atoms with Crippen molar-refractivity contribution in [2.45, 2.75) is 110 Å². The van der Waals surface area contributed by atoms with Crippen LogP contribution in [0, 0.1) is 0 Å². The summed E-state index contributed by atoms with van der Waals surface area (Å²) in [5, 5.41) is 9.68. The molecule has 1 aliphatic heterocycles. The molecular formula is C21H40N2O. The number of hydrogen-bond acceptors (Lipinski definition) is 3. The molecule has 0 aromatic heterocycles. The van der Waals surface area contributed by atoms with Gasteiger partial charge in [0, 0.05) is 12.8 Å². The number of nitrogens with zero attached hydrogens (tertiary/aromatic N) is 2. The minimum atomic E-state index is -0.374. The lowest BCUT2D eigenvalue weighted by atomic mass is 10.0. The predicted molar refractivity (Wildman–Crippen MR) is 106 cm³/mol. The van der Waals surface area contributed by atoms with E-state index in [1.807, 2.05) is 13.1 Å². The van der Waals surface area contributed by atoms with Crippen molar-refractivity contribution >= 4 is 6.21 Å². The molecule has 0 fully saturated rings. The summed E-state index contributed by atoms with van der Waals surface area (Å²) in [4.78, 5) is 6.54. The van der Waals surface area contributed by atoms with Gasteiger partial charge in [-0.3, -0.25) is 9.89 Å². The molecule has 2 atom stereocenters. The molecule has 140 valence electrons. The number of aliphatic hydroxyl groups excluding tert-OH is 1. The van der Waals surface area contributed by atoms with Gasteiger partial charge in [-0.25, -0.2) is 0 Å². The minimum absolute atomic E-state index is 0.220. The Morgan fingerprint density at radius 2 is 1.54 bits per heavy atom. The van der Waals surface area contributed by atoms with Crippen LogP contribution in [0.15, 0.2) is 17.1 Å². The minimum Gasteiger partial charge on any atom is -0.379 e. The molecule has 1 rings (SSSR count). The Morgan fingerprint density at radius 3 is 2.08 bits per heavy atom. The number of aliphatic imine (C=N–C) groups is 1. The van der Waals surface area contributed by atoms with E-state index in [0.717, 1.165) is 13.0 Å². The van der Waals surface area contributed by atoms with E-state index in [-0.39, 0.29) is 12.4 Å². The summed E-state index contributed by atoms with van der Waals surface area (Å²) in [6.45, 7) is 4.74. The number of hydrogen-bond donors (Lipinski definition) is 1. The molecule has 0 amide bonds. The van der Waals surface area contributed by atoms with E-state index in [4.69, 9.17) is 0 Å². The predicted octanol–water partition coefficient (Wildman–Crippen LogP) is 5.68. The summed E-state index contributed by atoms with van der Waals surface area (Å²) in [6.07, 6.45) is 23.7. The average molecular weight is 337 g/mol. The van der Waals surface area contributed by atoms with Crippen LogP contribution in [-0.4, -0.2) is 35.2 Å². The zero-order chi connectivity index (χ0) is 17.5. The zero-order valence-electron chi connectivity index (χ0n) is 16.1. The van der Waals surface area contributed by atoms with Crippen LogP contribution in [0.5, 0.6) is 0 Å². The molecule has 24 heavy (non-hydrogen) atoms.